The van der Waals surface area contributed by atoms with Gasteiger partial charge in [-0.3, -0.25) is 10.1 Å². The maximum absolute atomic E-state index is 11.2. The molecule has 1 aliphatic heterocycles. The summed E-state index contributed by atoms with van der Waals surface area (Å²) in [6, 6.07) is 12.6. The van der Waals surface area contributed by atoms with Crippen molar-refractivity contribution in [3.8, 4) is 5.75 Å². The minimum absolute atomic E-state index is 0.140. The number of aliphatic imine (C=N–C) groups is 1. The standard InChI is InChI=1S/C14H10ClN3O3/c15-9-4-3-5-10(8-9)21-17-14-13(18(19)20)11-6-1-2-7-12(11)16-14/h1-8,13H,(H,16,17)/t13-/m0/s1. The number of hydrogen-bond acceptors (Lipinski definition) is 5. The molecule has 2 aromatic rings. The maximum Gasteiger partial charge on any atom is 0.299 e. The van der Waals surface area contributed by atoms with Crippen LogP contribution in [0.2, 0.25) is 5.02 Å². The second kappa shape index (κ2) is 5.41. The number of nitrogens with zero attached hydrogens (tertiary/aromatic N) is 2. The Morgan fingerprint density at radius 2 is 2.05 bits per heavy atom. The summed E-state index contributed by atoms with van der Waals surface area (Å²) in [4.78, 5) is 20.4. The average Bonchev–Trinajstić information content (AvgIpc) is 2.83. The Hall–Kier alpha value is -2.60. The summed E-state index contributed by atoms with van der Waals surface area (Å²) in [5.74, 6) is 0.587. The molecule has 0 radical (unpaired) electrons. The summed E-state index contributed by atoms with van der Waals surface area (Å²) in [5, 5.41) is 11.8. The highest BCUT2D eigenvalue weighted by Gasteiger charge is 2.37. The van der Waals surface area contributed by atoms with E-state index in [2.05, 4.69) is 10.5 Å². The van der Waals surface area contributed by atoms with Crippen molar-refractivity contribution in [3.05, 3.63) is 69.2 Å². The molecule has 106 valence electrons. The molecule has 7 heteroatoms. The number of para-hydroxylation sites is 1. The van der Waals surface area contributed by atoms with Gasteiger partial charge in [0.15, 0.2) is 5.75 Å². The molecule has 0 bridgehead atoms. The summed E-state index contributed by atoms with van der Waals surface area (Å²) in [7, 11) is 0. The van der Waals surface area contributed by atoms with E-state index in [-0.39, 0.29) is 5.84 Å². The van der Waals surface area contributed by atoms with Crippen molar-refractivity contribution >= 4 is 23.1 Å². The number of benzene rings is 2. The van der Waals surface area contributed by atoms with E-state index in [1.807, 2.05) is 0 Å². The summed E-state index contributed by atoms with van der Waals surface area (Å²) in [5.41, 5.74) is 3.66. The monoisotopic (exact) mass is 303 g/mol. The van der Waals surface area contributed by atoms with E-state index in [1.54, 1.807) is 48.5 Å². The van der Waals surface area contributed by atoms with Crippen molar-refractivity contribution in [2.24, 2.45) is 4.99 Å². The van der Waals surface area contributed by atoms with Crippen LogP contribution >= 0.6 is 11.6 Å². The molecule has 0 spiro atoms. The largest absolute Gasteiger partial charge is 0.381 e. The molecular formula is C14H10ClN3O3. The van der Waals surface area contributed by atoms with Crippen LogP contribution in [0, 0.1) is 10.1 Å². The van der Waals surface area contributed by atoms with Gasteiger partial charge >= 0.3 is 0 Å². The Kier molecular flexibility index (Phi) is 3.45. The normalized spacial score (nSPS) is 16.0. The first kappa shape index (κ1) is 13.4. The van der Waals surface area contributed by atoms with Crippen LogP contribution in [0.25, 0.3) is 0 Å². The molecule has 0 fully saturated rings. The fourth-order valence-corrected chi connectivity index (χ4v) is 2.27. The van der Waals surface area contributed by atoms with Gasteiger partial charge < -0.3 is 4.84 Å². The molecule has 6 nitrogen and oxygen atoms in total. The maximum atomic E-state index is 11.2. The third-order valence-electron chi connectivity index (χ3n) is 3.01. The quantitative estimate of drug-likeness (QED) is 0.697. The molecule has 1 heterocycles. The van der Waals surface area contributed by atoms with Crippen LogP contribution in [0.1, 0.15) is 11.6 Å². The smallest absolute Gasteiger partial charge is 0.299 e. The SMILES string of the molecule is O=[N+]([O-])[C@@H]1C(NOc2cccc(Cl)c2)=Nc2ccccc21. The number of fused-ring (bicyclic) bond motifs is 1. The lowest BCUT2D eigenvalue weighted by atomic mass is 10.1. The first-order chi connectivity index (χ1) is 10.1. The molecule has 1 N–H and O–H groups in total. The van der Waals surface area contributed by atoms with Crippen LogP contribution in [0.3, 0.4) is 0 Å². The van der Waals surface area contributed by atoms with Gasteiger partial charge in [-0.2, -0.15) is 0 Å². The average molecular weight is 304 g/mol. The fourth-order valence-electron chi connectivity index (χ4n) is 2.09. The van der Waals surface area contributed by atoms with Crippen LogP contribution in [0.15, 0.2) is 53.5 Å². The van der Waals surface area contributed by atoms with Crippen molar-refractivity contribution in [2.75, 3.05) is 0 Å². The minimum atomic E-state index is -1.06. The van der Waals surface area contributed by atoms with Gasteiger partial charge in [-0.15, -0.1) is 0 Å². The Morgan fingerprint density at radius 1 is 1.24 bits per heavy atom. The van der Waals surface area contributed by atoms with Gasteiger partial charge in [0, 0.05) is 16.0 Å². The van der Waals surface area contributed by atoms with Gasteiger partial charge in [-0.05, 0) is 24.3 Å². The molecule has 21 heavy (non-hydrogen) atoms. The zero-order valence-electron chi connectivity index (χ0n) is 10.7. The van der Waals surface area contributed by atoms with Gasteiger partial charge in [0.05, 0.1) is 11.3 Å². The number of nitrogens with one attached hydrogen (secondary N) is 1. The lowest BCUT2D eigenvalue weighted by molar-refractivity contribution is -0.508. The van der Waals surface area contributed by atoms with Gasteiger partial charge in [0.2, 0.25) is 5.84 Å². The topological polar surface area (TPSA) is 76.8 Å². The molecule has 2 aromatic carbocycles. The van der Waals surface area contributed by atoms with Crippen molar-refractivity contribution < 1.29 is 9.76 Å². The lowest BCUT2D eigenvalue weighted by Crippen LogP contribution is -2.33. The van der Waals surface area contributed by atoms with Gasteiger partial charge in [0.25, 0.3) is 6.04 Å². The number of amidine groups is 1. The zero-order valence-corrected chi connectivity index (χ0v) is 11.4. The third kappa shape index (κ3) is 2.66. The highest BCUT2D eigenvalue weighted by Crippen LogP contribution is 2.34. The predicted octanol–water partition coefficient (Wildman–Crippen LogP) is 3.29. The summed E-state index contributed by atoms with van der Waals surface area (Å²) in [6.07, 6.45) is 0. The Balaban J connectivity index is 1.81. The van der Waals surface area contributed by atoms with Gasteiger partial charge in [-0.1, -0.05) is 29.8 Å². The highest BCUT2D eigenvalue weighted by molar-refractivity contribution is 6.30. The Bertz CT molecular complexity index is 733. The Morgan fingerprint density at radius 3 is 2.81 bits per heavy atom. The molecular weight excluding hydrogens is 294 g/mol. The van der Waals surface area contributed by atoms with Gasteiger partial charge in [0.1, 0.15) is 0 Å². The molecule has 3 rings (SSSR count). The van der Waals surface area contributed by atoms with Crippen molar-refractivity contribution in [1.29, 1.82) is 0 Å². The number of halogens is 1. The van der Waals surface area contributed by atoms with E-state index in [9.17, 15) is 10.1 Å². The molecule has 0 unspecified atom stereocenters. The van der Waals surface area contributed by atoms with Crippen molar-refractivity contribution in [2.45, 2.75) is 6.04 Å². The first-order valence-corrected chi connectivity index (χ1v) is 6.52. The van der Waals surface area contributed by atoms with Crippen LogP contribution in [-0.4, -0.2) is 10.8 Å². The minimum Gasteiger partial charge on any atom is -0.381 e. The molecule has 0 aliphatic carbocycles. The fraction of sp³-hybridized carbons (Fsp3) is 0.0714. The summed E-state index contributed by atoms with van der Waals surface area (Å²) < 4.78 is 0. The number of rotatable bonds is 3. The number of hydrogen-bond donors (Lipinski definition) is 1. The molecule has 0 amide bonds. The highest BCUT2D eigenvalue weighted by atomic mass is 35.5. The van der Waals surface area contributed by atoms with Crippen LogP contribution < -0.4 is 10.3 Å². The molecule has 0 saturated heterocycles. The number of hydroxylamine groups is 1. The number of nitro groups is 1. The van der Waals surface area contributed by atoms with Crippen LogP contribution in [0.5, 0.6) is 5.75 Å². The second-order valence-corrected chi connectivity index (χ2v) is 4.84. The van der Waals surface area contributed by atoms with Crippen LogP contribution in [0.4, 0.5) is 5.69 Å². The molecule has 1 atom stereocenters. The molecule has 1 aliphatic rings. The van der Waals surface area contributed by atoms with Gasteiger partial charge in [-0.25, -0.2) is 10.5 Å². The predicted molar refractivity (Wildman–Crippen MR) is 78.5 cm³/mol. The second-order valence-electron chi connectivity index (χ2n) is 4.41. The van der Waals surface area contributed by atoms with E-state index in [1.165, 1.54) is 0 Å². The third-order valence-corrected chi connectivity index (χ3v) is 3.25. The van der Waals surface area contributed by atoms with Crippen molar-refractivity contribution in [3.63, 3.8) is 0 Å². The first-order valence-electron chi connectivity index (χ1n) is 6.14. The summed E-state index contributed by atoms with van der Waals surface area (Å²) in [6.45, 7) is 0. The van der Waals surface area contributed by atoms with E-state index >= 15 is 0 Å². The molecule has 0 aromatic heterocycles. The van der Waals surface area contributed by atoms with E-state index in [0.29, 0.717) is 22.0 Å². The van der Waals surface area contributed by atoms with E-state index < -0.39 is 11.0 Å². The zero-order chi connectivity index (χ0) is 14.8. The van der Waals surface area contributed by atoms with Crippen molar-refractivity contribution in [1.82, 2.24) is 5.48 Å². The van der Waals surface area contributed by atoms with E-state index in [0.717, 1.165) is 0 Å². The summed E-state index contributed by atoms with van der Waals surface area (Å²) >= 11 is 5.85. The Labute approximate surface area is 125 Å². The van der Waals surface area contributed by atoms with Crippen LogP contribution in [-0.2, 0) is 0 Å². The van der Waals surface area contributed by atoms with E-state index in [4.69, 9.17) is 16.4 Å². The molecule has 0 saturated carbocycles. The lowest BCUT2D eigenvalue weighted by Gasteiger charge is -2.10.